The summed E-state index contributed by atoms with van der Waals surface area (Å²) in [5.74, 6) is 1.14. The highest BCUT2D eigenvalue weighted by Gasteiger charge is 2.00. The van der Waals surface area contributed by atoms with Gasteiger partial charge in [-0.3, -0.25) is 0 Å². The molecule has 4 heteroatoms. The van der Waals surface area contributed by atoms with E-state index in [0.717, 1.165) is 19.4 Å². The van der Waals surface area contributed by atoms with Gasteiger partial charge in [0.25, 0.3) is 0 Å². The summed E-state index contributed by atoms with van der Waals surface area (Å²) in [6.07, 6.45) is 5.93. The standard InChI is InChI=1S/C11H20N4/c1-3-4-10-7-14-11(15-8-10)13-6-9(2)5-12/h7-9H,3-6,12H2,1-2H3,(H,13,14,15). The van der Waals surface area contributed by atoms with Crippen LogP contribution in [0.3, 0.4) is 0 Å². The van der Waals surface area contributed by atoms with Gasteiger partial charge in [-0.05, 0) is 24.4 Å². The van der Waals surface area contributed by atoms with Crippen LogP contribution in [-0.2, 0) is 6.42 Å². The molecule has 0 saturated carbocycles. The lowest BCUT2D eigenvalue weighted by Gasteiger charge is -2.09. The van der Waals surface area contributed by atoms with E-state index in [1.165, 1.54) is 5.56 Å². The van der Waals surface area contributed by atoms with Crippen LogP contribution in [0, 0.1) is 5.92 Å². The maximum atomic E-state index is 5.52. The van der Waals surface area contributed by atoms with E-state index >= 15 is 0 Å². The Morgan fingerprint density at radius 1 is 1.40 bits per heavy atom. The van der Waals surface area contributed by atoms with Gasteiger partial charge >= 0.3 is 0 Å². The molecule has 0 aliphatic heterocycles. The summed E-state index contributed by atoms with van der Waals surface area (Å²) >= 11 is 0. The third-order valence-electron chi connectivity index (χ3n) is 2.25. The van der Waals surface area contributed by atoms with Crippen molar-refractivity contribution >= 4 is 5.95 Å². The molecular formula is C11H20N4. The second-order valence-corrected chi connectivity index (χ2v) is 3.89. The molecule has 0 fully saturated rings. The number of rotatable bonds is 6. The van der Waals surface area contributed by atoms with Crippen molar-refractivity contribution in [2.75, 3.05) is 18.4 Å². The molecule has 4 nitrogen and oxygen atoms in total. The Morgan fingerprint density at radius 2 is 2.07 bits per heavy atom. The minimum absolute atomic E-state index is 0.448. The van der Waals surface area contributed by atoms with Crippen LogP contribution >= 0.6 is 0 Å². The Morgan fingerprint density at radius 3 is 2.60 bits per heavy atom. The van der Waals surface area contributed by atoms with E-state index in [4.69, 9.17) is 5.73 Å². The van der Waals surface area contributed by atoms with Gasteiger partial charge in [-0.1, -0.05) is 20.3 Å². The fourth-order valence-electron chi connectivity index (χ4n) is 1.21. The zero-order valence-electron chi connectivity index (χ0n) is 9.53. The molecule has 84 valence electrons. The molecule has 1 atom stereocenters. The molecule has 1 rings (SSSR count). The fraction of sp³-hybridized carbons (Fsp3) is 0.636. The number of nitrogens with one attached hydrogen (secondary N) is 1. The van der Waals surface area contributed by atoms with Gasteiger partial charge in [0.1, 0.15) is 0 Å². The molecule has 1 aromatic heterocycles. The van der Waals surface area contributed by atoms with E-state index in [1.807, 2.05) is 12.4 Å². The monoisotopic (exact) mass is 208 g/mol. The Labute approximate surface area is 91.3 Å². The molecule has 3 N–H and O–H groups in total. The highest BCUT2D eigenvalue weighted by Crippen LogP contribution is 2.03. The first kappa shape index (κ1) is 11.9. The number of aromatic nitrogens is 2. The summed E-state index contributed by atoms with van der Waals surface area (Å²) in [6.45, 7) is 5.75. The third kappa shape index (κ3) is 4.25. The van der Waals surface area contributed by atoms with Crippen molar-refractivity contribution in [3.63, 3.8) is 0 Å². The van der Waals surface area contributed by atoms with Crippen LogP contribution in [0.1, 0.15) is 25.8 Å². The third-order valence-corrected chi connectivity index (χ3v) is 2.25. The second-order valence-electron chi connectivity index (χ2n) is 3.89. The summed E-state index contributed by atoms with van der Waals surface area (Å²) in [5.41, 5.74) is 6.71. The van der Waals surface area contributed by atoms with Gasteiger partial charge in [0, 0.05) is 18.9 Å². The van der Waals surface area contributed by atoms with E-state index in [0.29, 0.717) is 18.4 Å². The van der Waals surface area contributed by atoms with Crippen molar-refractivity contribution in [1.29, 1.82) is 0 Å². The largest absolute Gasteiger partial charge is 0.354 e. The summed E-state index contributed by atoms with van der Waals surface area (Å²) < 4.78 is 0. The Hall–Kier alpha value is -1.16. The zero-order chi connectivity index (χ0) is 11.1. The summed E-state index contributed by atoms with van der Waals surface area (Å²) in [5, 5.41) is 3.16. The van der Waals surface area contributed by atoms with Crippen molar-refractivity contribution < 1.29 is 0 Å². The molecule has 0 saturated heterocycles. The molecule has 1 heterocycles. The van der Waals surface area contributed by atoms with Crippen LogP contribution in [0.5, 0.6) is 0 Å². The van der Waals surface area contributed by atoms with Gasteiger partial charge in [0.15, 0.2) is 0 Å². The summed E-state index contributed by atoms with van der Waals surface area (Å²) in [4.78, 5) is 8.48. The van der Waals surface area contributed by atoms with Crippen LogP contribution < -0.4 is 11.1 Å². The number of nitrogens with zero attached hydrogens (tertiary/aromatic N) is 2. The van der Waals surface area contributed by atoms with Crippen LogP contribution in [0.25, 0.3) is 0 Å². The molecule has 0 radical (unpaired) electrons. The van der Waals surface area contributed by atoms with Gasteiger partial charge in [-0.15, -0.1) is 0 Å². The number of aryl methyl sites for hydroxylation is 1. The molecule has 0 aliphatic carbocycles. The minimum Gasteiger partial charge on any atom is -0.354 e. The molecule has 0 bridgehead atoms. The predicted octanol–water partition coefficient (Wildman–Crippen LogP) is 1.44. The van der Waals surface area contributed by atoms with Crippen molar-refractivity contribution in [1.82, 2.24) is 9.97 Å². The van der Waals surface area contributed by atoms with Crippen LogP contribution in [-0.4, -0.2) is 23.1 Å². The van der Waals surface area contributed by atoms with E-state index < -0.39 is 0 Å². The number of nitrogens with two attached hydrogens (primary N) is 1. The molecule has 0 amide bonds. The molecule has 1 aromatic rings. The highest BCUT2D eigenvalue weighted by atomic mass is 15.1. The lowest BCUT2D eigenvalue weighted by atomic mass is 10.2. The molecule has 0 aromatic carbocycles. The molecule has 0 spiro atoms. The maximum Gasteiger partial charge on any atom is 0.222 e. The average molecular weight is 208 g/mol. The van der Waals surface area contributed by atoms with Crippen molar-refractivity contribution in [2.24, 2.45) is 11.7 Å². The Bertz CT molecular complexity index is 270. The highest BCUT2D eigenvalue weighted by molar-refractivity contribution is 5.24. The average Bonchev–Trinajstić information content (AvgIpc) is 2.28. The normalized spacial score (nSPS) is 12.5. The number of hydrogen-bond acceptors (Lipinski definition) is 4. The van der Waals surface area contributed by atoms with Gasteiger partial charge in [-0.25, -0.2) is 9.97 Å². The van der Waals surface area contributed by atoms with Gasteiger partial charge in [0.2, 0.25) is 5.95 Å². The van der Waals surface area contributed by atoms with Crippen molar-refractivity contribution in [3.05, 3.63) is 18.0 Å². The smallest absolute Gasteiger partial charge is 0.222 e. The molecule has 0 aliphatic rings. The summed E-state index contributed by atoms with van der Waals surface area (Å²) in [7, 11) is 0. The van der Waals surface area contributed by atoms with Gasteiger partial charge in [-0.2, -0.15) is 0 Å². The second kappa shape index (κ2) is 6.35. The van der Waals surface area contributed by atoms with Gasteiger partial charge < -0.3 is 11.1 Å². The predicted molar refractivity (Wildman–Crippen MR) is 62.7 cm³/mol. The minimum atomic E-state index is 0.448. The maximum absolute atomic E-state index is 5.52. The van der Waals surface area contributed by atoms with E-state index in [2.05, 4.69) is 29.1 Å². The fourth-order valence-corrected chi connectivity index (χ4v) is 1.21. The van der Waals surface area contributed by atoms with E-state index in [-0.39, 0.29) is 0 Å². The first-order valence-corrected chi connectivity index (χ1v) is 5.51. The van der Waals surface area contributed by atoms with E-state index in [9.17, 15) is 0 Å². The topological polar surface area (TPSA) is 63.8 Å². The molecule has 15 heavy (non-hydrogen) atoms. The lowest BCUT2D eigenvalue weighted by molar-refractivity contribution is 0.625. The first-order chi connectivity index (χ1) is 7.26. The SMILES string of the molecule is CCCc1cnc(NCC(C)CN)nc1. The Balaban J connectivity index is 2.42. The summed E-state index contributed by atoms with van der Waals surface area (Å²) in [6, 6.07) is 0. The molecule has 1 unspecified atom stereocenters. The van der Waals surface area contributed by atoms with Crippen molar-refractivity contribution in [3.8, 4) is 0 Å². The molecular weight excluding hydrogens is 188 g/mol. The quantitative estimate of drug-likeness (QED) is 0.742. The number of anilines is 1. The Kier molecular flexibility index (Phi) is 5.04. The lowest BCUT2D eigenvalue weighted by Crippen LogP contribution is -2.20. The zero-order valence-corrected chi connectivity index (χ0v) is 9.53. The van der Waals surface area contributed by atoms with Crippen molar-refractivity contribution in [2.45, 2.75) is 26.7 Å². The van der Waals surface area contributed by atoms with Crippen LogP contribution in [0.2, 0.25) is 0 Å². The van der Waals surface area contributed by atoms with Crippen LogP contribution in [0.15, 0.2) is 12.4 Å². The first-order valence-electron chi connectivity index (χ1n) is 5.51. The van der Waals surface area contributed by atoms with E-state index in [1.54, 1.807) is 0 Å². The number of hydrogen-bond donors (Lipinski definition) is 2. The van der Waals surface area contributed by atoms with Crippen LogP contribution in [0.4, 0.5) is 5.95 Å². The van der Waals surface area contributed by atoms with Gasteiger partial charge in [0.05, 0.1) is 0 Å².